The Morgan fingerprint density at radius 2 is 2.00 bits per heavy atom. The summed E-state index contributed by atoms with van der Waals surface area (Å²) in [7, 11) is 0. The smallest absolute Gasteiger partial charge is 0.199 e. The van der Waals surface area contributed by atoms with Gasteiger partial charge in [-0.05, 0) is 17.7 Å². The maximum atomic E-state index is 5.44. The normalized spacial score (nSPS) is 17.9. The Morgan fingerprint density at radius 3 is 2.80 bits per heavy atom. The molecule has 1 unspecified atom stereocenters. The predicted octanol–water partition coefficient (Wildman–Crippen LogP) is 2.23. The second-order valence-corrected chi connectivity index (χ2v) is 4.81. The summed E-state index contributed by atoms with van der Waals surface area (Å²) in [5.41, 5.74) is 1.20. The summed E-state index contributed by atoms with van der Waals surface area (Å²) in [5, 5.41) is 12.2. The highest BCUT2D eigenvalue weighted by Crippen LogP contribution is 2.27. The van der Waals surface area contributed by atoms with E-state index in [1.165, 1.54) is 5.56 Å². The second kappa shape index (κ2) is 4.61. The Kier molecular flexibility index (Phi) is 2.63. The summed E-state index contributed by atoms with van der Waals surface area (Å²) >= 11 is 0. The Labute approximate surface area is 116 Å². The molecule has 1 atom stereocenters. The van der Waals surface area contributed by atoms with Gasteiger partial charge in [-0.3, -0.25) is 0 Å². The number of aromatic nitrogens is 3. The van der Waals surface area contributed by atoms with E-state index in [1.807, 2.05) is 30.3 Å². The first-order valence-electron chi connectivity index (χ1n) is 6.69. The van der Waals surface area contributed by atoms with Crippen LogP contribution in [0.2, 0.25) is 0 Å². The van der Waals surface area contributed by atoms with E-state index in [0.29, 0.717) is 0 Å². The highest BCUT2D eigenvalue weighted by molar-refractivity contribution is 5.47. The van der Waals surface area contributed by atoms with E-state index < -0.39 is 0 Å². The van der Waals surface area contributed by atoms with Gasteiger partial charge in [0.25, 0.3) is 0 Å². The number of rotatable bonds is 2. The highest BCUT2D eigenvalue weighted by atomic mass is 16.3. The van der Waals surface area contributed by atoms with Crippen LogP contribution in [0.25, 0.3) is 11.6 Å². The van der Waals surface area contributed by atoms with Crippen molar-refractivity contribution < 1.29 is 4.42 Å². The number of furan rings is 1. The first kappa shape index (κ1) is 11.4. The molecule has 0 fully saturated rings. The minimum Gasteiger partial charge on any atom is -0.461 e. The van der Waals surface area contributed by atoms with Gasteiger partial charge in [0, 0.05) is 13.1 Å². The minimum atomic E-state index is 0.0844. The van der Waals surface area contributed by atoms with Gasteiger partial charge in [-0.25, -0.2) is 0 Å². The maximum Gasteiger partial charge on any atom is 0.199 e. The molecule has 3 heterocycles. The summed E-state index contributed by atoms with van der Waals surface area (Å²) in [6.07, 6.45) is 1.66. The van der Waals surface area contributed by atoms with Crippen LogP contribution in [0.5, 0.6) is 0 Å². The fourth-order valence-electron chi connectivity index (χ4n) is 2.66. The van der Waals surface area contributed by atoms with Crippen LogP contribution in [0.15, 0.2) is 53.1 Å². The number of benzene rings is 1. The van der Waals surface area contributed by atoms with Gasteiger partial charge in [0.05, 0.1) is 12.3 Å². The first-order valence-corrected chi connectivity index (χ1v) is 6.69. The highest BCUT2D eigenvalue weighted by Gasteiger charge is 2.27. The topological polar surface area (TPSA) is 55.9 Å². The van der Waals surface area contributed by atoms with Crippen LogP contribution in [-0.4, -0.2) is 21.3 Å². The number of nitrogens with one attached hydrogen (secondary N) is 1. The maximum absolute atomic E-state index is 5.44. The molecule has 0 bridgehead atoms. The number of nitrogens with zero attached hydrogens (tertiary/aromatic N) is 3. The van der Waals surface area contributed by atoms with Crippen molar-refractivity contribution >= 4 is 0 Å². The van der Waals surface area contributed by atoms with Crippen LogP contribution in [-0.2, 0) is 6.54 Å². The summed E-state index contributed by atoms with van der Waals surface area (Å²) < 4.78 is 7.57. The zero-order valence-electron chi connectivity index (χ0n) is 10.9. The van der Waals surface area contributed by atoms with E-state index in [4.69, 9.17) is 4.42 Å². The zero-order valence-corrected chi connectivity index (χ0v) is 10.9. The molecule has 0 saturated heterocycles. The third-order valence-corrected chi connectivity index (χ3v) is 3.60. The zero-order chi connectivity index (χ0) is 13.4. The standard InChI is InChI=1S/C15H14N4O/c1-2-5-11(6-3-1)13-15-18-17-14(12-7-4-10-20-12)19(15)9-8-16-13/h1-7,10,13,16H,8-9H2. The minimum absolute atomic E-state index is 0.0844. The fourth-order valence-corrected chi connectivity index (χ4v) is 2.66. The molecule has 0 aliphatic carbocycles. The largest absolute Gasteiger partial charge is 0.461 e. The first-order chi connectivity index (χ1) is 9.93. The Hall–Kier alpha value is -2.40. The van der Waals surface area contributed by atoms with Crippen LogP contribution < -0.4 is 5.32 Å². The second-order valence-electron chi connectivity index (χ2n) is 4.81. The van der Waals surface area contributed by atoms with Gasteiger partial charge in [0.15, 0.2) is 17.4 Å². The number of hydrogen-bond donors (Lipinski definition) is 1. The molecular weight excluding hydrogens is 252 g/mol. The molecular formula is C15H14N4O. The molecule has 1 aliphatic rings. The van der Waals surface area contributed by atoms with Crippen molar-refractivity contribution in [3.8, 4) is 11.6 Å². The number of fused-ring (bicyclic) bond motifs is 1. The molecule has 3 aromatic rings. The molecule has 1 N–H and O–H groups in total. The van der Waals surface area contributed by atoms with Gasteiger partial charge in [-0.1, -0.05) is 30.3 Å². The number of hydrogen-bond acceptors (Lipinski definition) is 4. The van der Waals surface area contributed by atoms with E-state index in [0.717, 1.165) is 30.5 Å². The molecule has 0 amide bonds. The van der Waals surface area contributed by atoms with Crippen molar-refractivity contribution in [2.75, 3.05) is 6.54 Å². The lowest BCUT2D eigenvalue weighted by molar-refractivity contribution is 0.454. The molecule has 5 heteroatoms. The summed E-state index contributed by atoms with van der Waals surface area (Å²) in [4.78, 5) is 0. The van der Waals surface area contributed by atoms with Gasteiger partial charge >= 0.3 is 0 Å². The van der Waals surface area contributed by atoms with Crippen LogP contribution in [0.3, 0.4) is 0 Å². The van der Waals surface area contributed by atoms with Crippen molar-refractivity contribution in [2.24, 2.45) is 0 Å². The molecule has 4 rings (SSSR count). The van der Waals surface area contributed by atoms with Crippen LogP contribution in [0.4, 0.5) is 0 Å². The molecule has 2 aromatic heterocycles. The van der Waals surface area contributed by atoms with Crippen LogP contribution in [0.1, 0.15) is 17.4 Å². The quantitative estimate of drug-likeness (QED) is 0.772. The molecule has 0 saturated carbocycles. The molecule has 0 radical (unpaired) electrons. The molecule has 20 heavy (non-hydrogen) atoms. The molecule has 5 nitrogen and oxygen atoms in total. The van der Waals surface area contributed by atoms with E-state index >= 15 is 0 Å². The Morgan fingerprint density at radius 1 is 1.10 bits per heavy atom. The van der Waals surface area contributed by atoms with Crippen molar-refractivity contribution in [1.29, 1.82) is 0 Å². The van der Waals surface area contributed by atoms with E-state index in [9.17, 15) is 0 Å². The van der Waals surface area contributed by atoms with Crippen LogP contribution in [0, 0.1) is 0 Å². The third kappa shape index (κ3) is 1.75. The molecule has 1 aromatic carbocycles. The predicted molar refractivity (Wildman–Crippen MR) is 74.0 cm³/mol. The summed E-state index contributed by atoms with van der Waals surface area (Å²) in [6, 6.07) is 14.2. The SMILES string of the molecule is c1ccc(C2NCCn3c(-c4ccco4)nnc32)cc1. The van der Waals surface area contributed by atoms with Crippen molar-refractivity contribution in [1.82, 2.24) is 20.1 Å². The van der Waals surface area contributed by atoms with Gasteiger partial charge in [-0.2, -0.15) is 0 Å². The lowest BCUT2D eigenvalue weighted by atomic mass is 10.0. The van der Waals surface area contributed by atoms with E-state index in [2.05, 4.69) is 32.2 Å². The average molecular weight is 266 g/mol. The van der Waals surface area contributed by atoms with Crippen molar-refractivity contribution in [3.63, 3.8) is 0 Å². The lowest BCUT2D eigenvalue weighted by Gasteiger charge is -2.25. The molecule has 0 spiro atoms. The Balaban J connectivity index is 1.80. The van der Waals surface area contributed by atoms with E-state index in [1.54, 1.807) is 6.26 Å². The molecule has 100 valence electrons. The van der Waals surface area contributed by atoms with Gasteiger partial charge < -0.3 is 14.3 Å². The van der Waals surface area contributed by atoms with E-state index in [-0.39, 0.29) is 6.04 Å². The monoisotopic (exact) mass is 266 g/mol. The molecule has 1 aliphatic heterocycles. The summed E-state index contributed by atoms with van der Waals surface area (Å²) in [6.45, 7) is 1.74. The summed E-state index contributed by atoms with van der Waals surface area (Å²) in [5.74, 6) is 2.50. The lowest BCUT2D eigenvalue weighted by Crippen LogP contribution is -2.34. The fraction of sp³-hybridized carbons (Fsp3) is 0.200. The van der Waals surface area contributed by atoms with Gasteiger partial charge in [0.2, 0.25) is 0 Å². The van der Waals surface area contributed by atoms with Crippen molar-refractivity contribution in [3.05, 3.63) is 60.1 Å². The average Bonchev–Trinajstić information content (AvgIpc) is 3.16. The Bertz CT molecular complexity index is 703. The van der Waals surface area contributed by atoms with Crippen LogP contribution >= 0.6 is 0 Å². The van der Waals surface area contributed by atoms with Crippen molar-refractivity contribution in [2.45, 2.75) is 12.6 Å². The third-order valence-electron chi connectivity index (χ3n) is 3.60. The van der Waals surface area contributed by atoms with Gasteiger partial charge in [0.1, 0.15) is 0 Å². The van der Waals surface area contributed by atoms with Gasteiger partial charge in [-0.15, -0.1) is 10.2 Å².